The molecule has 3 heteroatoms. The van der Waals surface area contributed by atoms with Gasteiger partial charge in [-0.2, -0.15) is 0 Å². The summed E-state index contributed by atoms with van der Waals surface area (Å²) in [4.78, 5) is 12.7. The van der Waals surface area contributed by atoms with Crippen molar-refractivity contribution in [2.24, 2.45) is 5.73 Å². The zero-order chi connectivity index (χ0) is 10.7. The van der Waals surface area contributed by atoms with Crippen molar-refractivity contribution < 1.29 is 4.79 Å². The molecule has 1 aliphatic rings. The Morgan fingerprint density at radius 3 is 2.73 bits per heavy atom. The maximum Gasteiger partial charge on any atom is 0.177 e. The molecule has 80 valence electrons. The normalized spacial score (nSPS) is 16.1. The number of thioether (sulfide) groups is 1. The minimum atomic E-state index is 0.0393. The SMILES string of the molecule is NCC(=O)c1ccccc1SC1CCC1. The van der Waals surface area contributed by atoms with Crippen molar-refractivity contribution in [3.8, 4) is 0 Å². The van der Waals surface area contributed by atoms with E-state index in [1.165, 1.54) is 19.3 Å². The lowest BCUT2D eigenvalue weighted by atomic mass is 10.00. The Morgan fingerprint density at radius 2 is 2.13 bits per heavy atom. The fourth-order valence-corrected chi connectivity index (χ4v) is 2.97. The van der Waals surface area contributed by atoms with E-state index in [0.717, 1.165) is 10.5 Å². The van der Waals surface area contributed by atoms with Gasteiger partial charge in [-0.25, -0.2) is 0 Å². The molecular weight excluding hydrogens is 206 g/mol. The van der Waals surface area contributed by atoms with E-state index < -0.39 is 0 Å². The van der Waals surface area contributed by atoms with E-state index in [0.29, 0.717) is 5.25 Å². The average molecular weight is 221 g/mol. The molecule has 0 aromatic heterocycles. The molecule has 0 aliphatic heterocycles. The maximum absolute atomic E-state index is 11.6. The van der Waals surface area contributed by atoms with Gasteiger partial charge in [-0.15, -0.1) is 11.8 Å². The number of carbonyl (C=O) groups excluding carboxylic acids is 1. The van der Waals surface area contributed by atoms with Gasteiger partial charge in [0.05, 0.1) is 6.54 Å². The molecule has 1 saturated carbocycles. The van der Waals surface area contributed by atoms with Crippen molar-refractivity contribution in [3.63, 3.8) is 0 Å². The number of rotatable bonds is 4. The largest absolute Gasteiger partial charge is 0.324 e. The predicted molar refractivity (Wildman–Crippen MR) is 63.3 cm³/mol. The molecule has 2 rings (SSSR count). The summed E-state index contributed by atoms with van der Waals surface area (Å²) >= 11 is 1.82. The molecule has 0 saturated heterocycles. The van der Waals surface area contributed by atoms with E-state index in [9.17, 15) is 4.79 Å². The first-order valence-electron chi connectivity index (χ1n) is 5.30. The number of Topliss-reactive ketones (excluding diaryl/α,β-unsaturated/α-hetero) is 1. The number of nitrogens with two attached hydrogens (primary N) is 1. The Bertz CT molecular complexity index is 360. The highest BCUT2D eigenvalue weighted by Crippen LogP contribution is 2.37. The van der Waals surface area contributed by atoms with E-state index in [1.807, 2.05) is 36.0 Å². The highest BCUT2D eigenvalue weighted by atomic mass is 32.2. The van der Waals surface area contributed by atoms with Crippen molar-refractivity contribution >= 4 is 17.5 Å². The van der Waals surface area contributed by atoms with Gasteiger partial charge < -0.3 is 5.73 Å². The van der Waals surface area contributed by atoms with Crippen molar-refractivity contribution in [2.45, 2.75) is 29.4 Å². The molecule has 1 aromatic rings. The second kappa shape index (κ2) is 4.81. The van der Waals surface area contributed by atoms with Crippen LogP contribution in [0.4, 0.5) is 0 Å². The molecule has 2 nitrogen and oxygen atoms in total. The summed E-state index contributed by atoms with van der Waals surface area (Å²) in [6.45, 7) is 0.0994. The van der Waals surface area contributed by atoms with Crippen LogP contribution in [0.2, 0.25) is 0 Å². The van der Waals surface area contributed by atoms with Crippen LogP contribution in [0, 0.1) is 0 Å². The van der Waals surface area contributed by atoms with Crippen molar-refractivity contribution in [3.05, 3.63) is 29.8 Å². The van der Waals surface area contributed by atoms with Gasteiger partial charge in [0.2, 0.25) is 0 Å². The van der Waals surface area contributed by atoms with Gasteiger partial charge in [0.15, 0.2) is 5.78 Å². The molecule has 1 aromatic carbocycles. The van der Waals surface area contributed by atoms with Crippen LogP contribution in [-0.2, 0) is 0 Å². The molecule has 15 heavy (non-hydrogen) atoms. The summed E-state index contributed by atoms with van der Waals surface area (Å²) in [6, 6.07) is 7.77. The molecule has 0 atom stereocenters. The Labute approximate surface area is 94.2 Å². The van der Waals surface area contributed by atoms with E-state index in [2.05, 4.69) is 0 Å². The smallest absolute Gasteiger partial charge is 0.177 e. The fourth-order valence-electron chi connectivity index (χ4n) is 1.58. The number of ketones is 1. The van der Waals surface area contributed by atoms with Crippen molar-refractivity contribution in [2.75, 3.05) is 6.54 Å². The van der Waals surface area contributed by atoms with Crippen LogP contribution in [0.1, 0.15) is 29.6 Å². The number of carbonyl (C=O) groups is 1. The van der Waals surface area contributed by atoms with Crippen molar-refractivity contribution in [1.82, 2.24) is 0 Å². The second-order valence-electron chi connectivity index (χ2n) is 3.79. The van der Waals surface area contributed by atoms with Gasteiger partial charge in [0.25, 0.3) is 0 Å². The Kier molecular flexibility index (Phi) is 3.44. The standard InChI is InChI=1S/C12H15NOS/c13-8-11(14)10-6-1-2-7-12(10)15-9-4-3-5-9/h1-2,6-7,9H,3-5,8,13H2. The third-order valence-corrected chi connectivity index (χ3v) is 4.13. The van der Waals surface area contributed by atoms with E-state index >= 15 is 0 Å². The fraction of sp³-hybridized carbons (Fsp3) is 0.417. The Hall–Kier alpha value is -0.800. The van der Waals surface area contributed by atoms with E-state index in [4.69, 9.17) is 5.73 Å². The first-order valence-corrected chi connectivity index (χ1v) is 6.18. The molecule has 1 aliphatic carbocycles. The minimum Gasteiger partial charge on any atom is -0.324 e. The lowest BCUT2D eigenvalue weighted by molar-refractivity contribution is 0.0998. The van der Waals surface area contributed by atoms with Crippen LogP contribution in [0.15, 0.2) is 29.2 Å². The lowest BCUT2D eigenvalue weighted by Crippen LogP contribution is -2.17. The molecule has 0 bridgehead atoms. The van der Waals surface area contributed by atoms with Gasteiger partial charge in [0.1, 0.15) is 0 Å². The first-order chi connectivity index (χ1) is 7.31. The molecule has 0 unspecified atom stereocenters. The molecule has 2 N–H and O–H groups in total. The van der Waals surface area contributed by atoms with Crippen LogP contribution >= 0.6 is 11.8 Å². The molecular formula is C12H15NOS. The van der Waals surface area contributed by atoms with Gasteiger partial charge in [-0.1, -0.05) is 24.6 Å². The zero-order valence-corrected chi connectivity index (χ0v) is 9.43. The highest BCUT2D eigenvalue weighted by Gasteiger charge is 2.20. The average Bonchev–Trinajstić information content (AvgIpc) is 2.23. The summed E-state index contributed by atoms with van der Waals surface area (Å²) < 4.78 is 0. The maximum atomic E-state index is 11.6. The molecule has 0 radical (unpaired) electrons. The topological polar surface area (TPSA) is 43.1 Å². The van der Waals surface area contributed by atoms with Crippen LogP contribution in [0.5, 0.6) is 0 Å². The molecule has 0 spiro atoms. The summed E-state index contributed by atoms with van der Waals surface area (Å²) in [5, 5.41) is 0.705. The summed E-state index contributed by atoms with van der Waals surface area (Å²) in [6.07, 6.45) is 3.87. The quantitative estimate of drug-likeness (QED) is 0.794. The molecule has 0 amide bonds. The first kappa shape index (κ1) is 10.7. The second-order valence-corrected chi connectivity index (χ2v) is 5.14. The number of hydrogen-bond acceptors (Lipinski definition) is 3. The van der Waals surface area contributed by atoms with Gasteiger partial charge in [-0.3, -0.25) is 4.79 Å². The van der Waals surface area contributed by atoms with Gasteiger partial charge >= 0.3 is 0 Å². The summed E-state index contributed by atoms with van der Waals surface area (Å²) in [7, 11) is 0. The van der Waals surface area contributed by atoms with Crippen LogP contribution in [0.3, 0.4) is 0 Å². The highest BCUT2D eigenvalue weighted by molar-refractivity contribution is 8.00. The van der Waals surface area contributed by atoms with Crippen LogP contribution < -0.4 is 5.73 Å². The van der Waals surface area contributed by atoms with E-state index in [-0.39, 0.29) is 12.3 Å². The third-order valence-electron chi connectivity index (χ3n) is 2.72. The van der Waals surface area contributed by atoms with Crippen LogP contribution in [-0.4, -0.2) is 17.6 Å². The van der Waals surface area contributed by atoms with Crippen LogP contribution in [0.25, 0.3) is 0 Å². The summed E-state index contributed by atoms with van der Waals surface area (Å²) in [5.74, 6) is 0.0393. The van der Waals surface area contributed by atoms with Gasteiger partial charge in [-0.05, 0) is 18.9 Å². The summed E-state index contributed by atoms with van der Waals surface area (Å²) in [5.41, 5.74) is 6.18. The zero-order valence-electron chi connectivity index (χ0n) is 8.61. The minimum absolute atomic E-state index is 0.0393. The monoisotopic (exact) mass is 221 g/mol. The Balaban J connectivity index is 2.16. The third kappa shape index (κ3) is 2.41. The lowest BCUT2D eigenvalue weighted by Gasteiger charge is -2.25. The molecule has 1 fully saturated rings. The predicted octanol–water partition coefficient (Wildman–Crippen LogP) is 2.47. The van der Waals surface area contributed by atoms with Gasteiger partial charge in [0, 0.05) is 15.7 Å². The Morgan fingerprint density at radius 1 is 1.40 bits per heavy atom. The van der Waals surface area contributed by atoms with Crippen molar-refractivity contribution in [1.29, 1.82) is 0 Å². The number of benzene rings is 1. The van der Waals surface area contributed by atoms with E-state index in [1.54, 1.807) is 0 Å². The molecule has 0 heterocycles. The number of hydrogen-bond donors (Lipinski definition) is 1.